The SMILES string of the molecule is CC1(CN)CCN(CCSc2ccccc2)C1.Cl. The molecule has 2 rings (SSSR count). The van der Waals surface area contributed by atoms with E-state index in [0.29, 0.717) is 5.41 Å². The lowest BCUT2D eigenvalue weighted by molar-refractivity contribution is 0.293. The number of hydrogen-bond donors (Lipinski definition) is 1. The first-order chi connectivity index (χ1) is 8.22. The number of halogens is 1. The van der Waals surface area contributed by atoms with Gasteiger partial charge in [-0.2, -0.15) is 0 Å². The quantitative estimate of drug-likeness (QED) is 0.844. The third-order valence-electron chi connectivity index (χ3n) is 3.55. The van der Waals surface area contributed by atoms with Gasteiger partial charge in [0.1, 0.15) is 0 Å². The highest BCUT2D eigenvalue weighted by molar-refractivity contribution is 7.99. The van der Waals surface area contributed by atoms with Crippen molar-refractivity contribution in [1.82, 2.24) is 4.90 Å². The van der Waals surface area contributed by atoms with Crippen LogP contribution in [-0.2, 0) is 0 Å². The van der Waals surface area contributed by atoms with E-state index in [0.717, 1.165) is 6.54 Å². The van der Waals surface area contributed by atoms with Gasteiger partial charge in [0.25, 0.3) is 0 Å². The largest absolute Gasteiger partial charge is 0.330 e. The van der Waals surface area contributed by atoms with E-state index < -0.39 is 0 Å². The number of hydrogen-bond acceptors (Lipinski definition) is 3. The maximum atomic E-state index is 5.82. The zero-order chi connectivity index (χ0) is 12.1. The first kappa shape index (κ1) is 15.8. The van der Waals surface area contributed by atoms with Crippen LogP contribution >= 0.6 is 24.2 Å². The van der Waals surface area contributed by atoms with E-state index in [-0.39, 0.29) is 12.4 Å². The van der Waals surface area contributed by atoms with Crippen LogP contribution in [0.5, 0.6) is 0 Å². The van der Waals surface area contributed by atoms with Crippen LogP contribution in [0.25, 0.3) is 0 Å². The molecule has 1 unspecified atom stereocenters. The predicted molar refractivity (Wildman–Crippen MR) is 82.6 cm³/mol. The van der Waals surface area contributed by atoms with Crippen molar-refractivity contribution in [3.05, 3.63) is 30.3 Å². The standard InChI is InChI=1S/C14H22N2S.ClH/c1-14(11-15)7-8-16(12-14)9-10-17-13-5-3-2-4-6-13;/h2-6H,7-12,15H2,1H3;1H. The first-order valence-electron chi connectivity index (χ1n) is 6.32. The third kappa shape index (κ3) is 4.47. The fourth-order valence-corrected chi connectivity index (χ4v) is 3.23. The third-order valence-corrected chi connectivity index (χ3v) is 4.54. The normalized spacial score (nSPS) is 23.9. The van der Waals surface area contributed by atoms with Crippen LogP contribution in [0.15, 0.2) is 35.2 Å². The second-order valence-corrected chi connectivity index (χ2v) is 6.37. The van der Waals surface area contributed by atoms with Crippen LogP contribution in [-0.4, -0.2) is 36.8 Å². The average molecular weight is 287 g/mol. The molecule has 0 aliphatic carbocycles. The molecular formula is C14H23ClN2S. The van der Waals surface area contributed by atoms with Crippen LogP contribution in [0.1, 0.15) is 13.3 Å². The van der Waals surface area contributed by atoms with Gasteiger partial charge in [-0.05, 0) is 37.1 Å². The molecule has 1 atom stereocenters. The van der Waals surface area contributed by atoms with Crippen molar-refractivity contribution in [2.24, 2.45) is 11.1 Å². The van der Waals surface area contributed by atoms with Gasteiger partial charge in [0, 0.05) is 23.7 Å². The number of likely N-dealkylation sites (tertiary alicyclic amines) is 1. The monoisotopic (exact) mass is 286 g/mol. The van der Waals surface area contributed by atoms with Crippen molar-refractivity contribution >= 4 is 24.2 Å². The van der Waals surface area contributed by atoms with Gasteiger partial charge in [0.15, 0.2) is 0 Å². The number of nitrogens with zero attached hydrogens (tertiary/aromatic N) is 1. The van der Waals surface area contributed by atoms with E-state index >= 15 is 0 Å². The molecule has 0 aromatic heterocycles. The van der Waals surface area contributed by atoms with Gasteiger partial charge < -0.3 is 10.6 Å². The van der Waals surface area contributed by atoms with Crippen molar-refractivity contribution in [2.45, 2.75) is 18.2 Å². The summed E-state index contributed by atoms with van der Waals surface area (Å²) < 4.78 is 0. The lowest BCUT2D eigenvalue weighted by atomic mass is 9.90. The summed E-state index contributed by atoms with van der Waals surface area (Å²) in [7, 11) is 0. The van der Waals surface area contributed by atoms with E-state index in [1.54, 1.807) is 0 Å². The number of rotatable bonds is 5. The van der Waals surface area contributed by atoms with Gasteiger partial charge in [-0.15, -0.1) is 24.2 Å². The summed E-state index contributed by atoms with van der Waals surface area (Å²) in [4.78, 5) is 3.91. The highest BCUT2D eigenvalue weighted by Crippen LogP contribution is 2.28. The molecule has 1 aliphatic heterocycles. The second-order valence-electron chi connectivity index (χ2n) is 5.20. The summed E-state index contributed by atoms with van der Waals surface area (Å²) in [6, 6.07) is 10.6. The molecule has 1 aliphatic rings. The van der Waals surface area contributed by atoms with Crippen LogP contribution in [0, 0.1) is 5.41 Å². The maximum Gasteiger partial charge on any atom is 0.0108 e. The summed E-state index contributed by atoms with van der Waals surface area (Å²) in [5, 5.41) is 0. The Bertz CT molecular complexity index is 347. The molecule has 2 N–H and O–H groups in total. The topological polar surface area (TPSA) is 29.3 Å². The molecule has 102 valence electrons. The van der Waals surface area contributed by atoms with Crippen LogP contribution in [0.4, 0.5) is 0 Å². The Morgan fingerprint density at radius 1 is 1.33 bits per heavy atom. The first-order valence-corrected chi connectivity index (χ1v) is 7.31. The van der Waals surface area contributed by atoms with E-state index in [9.17, 15) is 0 Å². The highest BCUT2D eigenvalue weighted by atomic mass is 35.5. The predicted octanol–water partition coefficient (Wildman–Crippen LogP) is 2.87. The molecule has 1 saturated heterocycles. The molecule has 1 aromatic carbocycles. The highest BCUT2D eigenvalue weighted by Gasteiger charge is 2.31. The molecular weight excluding hydrogens is 264 g/mol. The Morgan fingerprint density at radius 2 is 2.06 bits per heavy atom. The molecule has 0 bridgehead atoms. The van der Waals surface area contributed by atoms with Crippen molar-refractivity contribution in [1.29, 1.82) is 0 Å². The smallest absolute Gasteiger partial charge is 0.0108 e. The van der Waals surface area contributed by atoms with E-state index in [1.165, 1.54) is 36.7 Å². The maximum absolute atomic E-state index is 5.82. The van der Waals surface area contributed by atoms with E-state index in [2.05, 4.69) is 42.2 Å². The Kier molecular flexibility index (Phi) is 6.50. The molecule has 1 fully saturated rings. The minimum Gasteiger partial charge on any atom is -0.330 e. The van der Waals surface area contributed by atoms with Crippen LogP contribution < -0.4 is 5.73 Å². The molecule has 2 nitrogen and oxygen atoms in total. The lowest BCUT2D eigenvalue weighted by Gasteiger charge is -2.22. The summed E-state index contributed by atoms with van der Waals surface area (Å²) in [5.41, 5.74) is 6.18. The Labute approximate surface area is 121 Å². The molecule has 1 heterocycles. The molecule has 18 heavy (non-hydrogen) atoms. The number of thioether (sulfide) groups is 1. The Morgan fingerprint density at radius 3 is 2.67 bits per heavy atom. The number of nitrogens with two attached hydrogens (primary N) is 1. The molecule has 0 radical (unpaired) electrons. The van der Waals surface area contributed by atoms with Gasteiger partial charge in [-0.25, -0.2) is 0 Å². The molecule has 0 amide bonds. The van der Waals surface area contributed by atoms with Gasteiger partial charge in [0.05, 0.1) is 0 Å². The minimum absolute atomic E-state index is 0. The van der Waals surface area contributed by atoms with Crippen molar-refractivity contribution in [2.75, 3.05) is 31.9 Å². The van der Waals surface area contributed by atoms with Gasteiger partial charge in [-0.3, -0.25) is 0 Å². The summed E-state index contributed by atoms with van der Waals surface area (Å²) in [6.07, 6.45) is 1.25. The molecule has 1 aromatic rings. The molecule has 0 saturated carbocycles. The summed E-state index contributed by atoms with van der Waals surface area (Å²) in [5.74, 6) is 1.17. The van der Waals surface area contributed by atoms with Crippen LogP contribution in [0.3, 0.4) is 0 Å². The fourth-order valence-electron chi connectivity index (χ4n) is 2.29. The minimum atomic E-state index is 0. The van der Waals surface area contributed by atoms with Gasteiger partial charge in [0.2, 0.25) is 0 Å². The second kappa shape index (κ2) is 7.39. The Balaban J connectivity index is 0.00000162. The Hall–Kier alpha value is -0.220. The molecule has 0 spiro atoms. The zero-order valence-electron chi connectivity index (χ0n) is 11.0. The van der Waals surface area contributed by atoms with Crippen molar-refractivity contribution in [3.8, 4) is 0 Å². The fraction of sp³-hybridized carbons (Fsp3) is 0.571. The molecule has 4 heteroatoms. The van der Waals surface area contributed by atoms with Gasteiger partial charge >= 0.3 is 0 Å². The zero-order valence-corrected chi connectivity index (χ0v) is 12.6. The lowest BCUT2D eigenvalue weighted by Crippen LogP contribution is -2.32. The van der Waals surface area contributed by atoms with E-state index in [1.807, 2.05) is 11.8 Å². The van der Waals surface area contributed by atoms with Gasteiger partial charge in [-0.1, -0.05) is 25.1 Å². The van der Waals surface area contributed by atoms with Crippen molar-refractivity contribution < 1.29 is 0 Å². The van der Waals surface area contributed by atoms with Crippen molar-refractivity contribution in [3.63, 3.8) is 0 Å². The average Bonchev–Trinajstić information content (AvgIpc) is 2.74. The number of benzene rings is 1. The van der Waals surface area contributed by atoms with Crippen LogP contribution in [0.2, 0.25) is 0 Å². The summed E-state index contributed by atoms with van der Waals surface area (Å²) >= 11 is 1.94. The van der Waals surface area contributed by atoms with E-state index in [4.69, 9.17) is 5.73 Å². The summed E-state index contributed by atoms with van der Waals surface area (Å²) in [6.45, 7) is 6.67.